The number of nitrogens with one attached hydrogen (secondary N) is 1. The van der Waals surface area contributed by atoms with E-state index >= 15 is 0 Å². The normalized spacial score (nSPS) is 13.1. The van der Waals surface area contributed by atoms with Crippen molar-refractivity contribution in [1.29, 1.82) is 5.26 Å². The van der Waals surface area contributed by atoms with Crippen molar-refractivity contribution < 1.29 is 14.3 Å². The van der Waals surface area contributed by atoms with Gasteiger partial charge in [0.2, 0.25) is 0 Å². The molecule has 2 aromatic rings. The first-order valence-corrected chi connectivity index (χ1v) is 10.4. The van der Waals surface area contributed by atoms with Gasteiger partial charge in [-0.1, -0.05) is 55.2 Å². The second-order valence-corrected chi connectivity index (χ2v) is 8.26. The molecule has 1 N–H and O–H groups in total. The lowest BCUT2D eigenvalue weighted by Crippen LogP contribution is -2.50. The lowest BCUT2D eigenvalue weighted by molar-refractivity contribution is -0.144. The Morgan fingerprint density at radius 2 is 2.03 bits per heavy atom. The summed E-state index contributed by atoms with van der Waals surface area (Å²) in [5.41, 5.74) is 1.01. The Hall–Kier alpha value is -2.82. The number of halogens is 2. The van der Waals surface area contributed by atoms with Crippen molar-refractivity contribution in [2.45, 2.75) is 39.8 Å². The Bertz CT molecular complexity index is 1040. The first-order valence-electron chi connectivity index (χ1n) is 9.60. The number of rotatable bonds is 8. The van der Waals surface area contributed by atoms with Crippen LogP contribution >= 0.6 is 23.2 Å². The summed E-state index contributed by atoms with van der Waals surface area (Å²) < 4.78 is 6.55. The van der Waals surface area contributed by atoms with Gasteiger partial charge in [-0.3, -0.25) is 4.79 Å². The average Bonchev–Trinajstić information content (AvgIpc) is 2.99. The molecular weight excluding hydrogens is 439 g/mol. The standard InChI is InChI=1S/C22H24Cl2N4O3/c1-14(2)22(4,13-25)26-19(29)12-31-20(30)10-9-17-15(3)27-28(21(17)24)11-16-7-5-6-8-18(16)23/h5-10,14H,11-12H2,1-4H3,(H,26,29)/b10-9+/t22-/m1/s1. The molecule has 7 nitrogen and oxygen atoms in total. The topological polar surface area (TPSA) is 97.0 Å². The fourth-order valence-electron chi connectivity index (χ4n) is 2.61. The van der Waals surface area contributed by atoms with Gasteiger partial charge in [-0.15, -0.1) is 0 Å². The van der Waals surface area contributed by atoms with Crippen molar-refractivity contribution in [2.24, 2.45) is 5.92 Å². The minimum atomic E-state index is -1.04. The van der Waals surface area contributed by atoms with Crippen molar-refractivity contribution in [3.8, 4) is 6.07 Å². The molecule has 164 valence electrons. The Kier molecular flexibility index (Phi) is 8.26. The number of nitriles is 1. The molecule has 1 heterocycles. The van der Waals surface area contributed by atoms with Crippen LogP contribution in [0.5, 0.6) is 0 Å². The Labute approximate surface area is 191 Å². The van der Waals surface area contributed by atoms with Crippen LogP contribution in [-0.4, -0.2) is 33.8 Å². The summed E-state index contributed by atoms with van der Waals surface area (Å²) in [4.78, 5) is 24.0. The highest BCUT2D eigenvalue weighted by atomic mass is 35.5. The number of carbonyl (C=O) groups excluding carboxylic acids is 2. The summed E-state index contributed by atoms with van der Waals surface area (Å²) in [6, 6.07) is 9.44. The maximum atomic E-state index is 12.0. The summed E-state index contributed by atoms with van der Waals surface area (Å²) in [7, 11) is 0. The van der Waals surface area contributed by atoms with E-state index in [2.05, 4.69) is 16.5 Å². The van der Waals surface area contributed by atoms with Crippen molar-refractivity contribution in [2.75, 3.05) is 6.61 Å². The first kappa shape index (κ1) is 24.4. The largest absolute Gasteiger partial charge is 0.452 e. The summed E-state index contributed by atoms with van der Waals surface area (Å²) in [5, 5.41) is 17.2. The molecule has 2 rings (SSSR count). The predicted octanol–water partition coefficient (Wildman–Crippen LogP) is 4.16. The van der Waals surface area contributed by atoms with Crippen LogP contribution in [0.2, 0.25) is 10.2 Å². The second-order valence-electron chi connectivity index (χ2n) is 7.50. The molecule has 31 heavy (non-hydrogen) atoms. The number of hydrogen-bond acceptors (Lipinski definition) is 5. The molecule has 1 atom stereocenters. The molecule has 9 heteroatoms. The minimum Gasteiger partial charge on any atom is -0.452 e. The maximum Gasteiger partial charge on any atom is 0.331 e. The van der Waals surface area contributed by atoms with Gasteiger partial charge in [0.15, 0.2) is 6.61 Å². The van der Waals surface area contributed by atoms with E-state index in [9.17, 15) is 14.9 Å². The van der Waals surface area contributed by atoms with Gasteiger partial charge < -0.3 is 10.1 Å². The van der Waals surface area contributed by atoms with Crippen LogP contribution in [0.1, 0.15) is 37.6 Å². The molecule has 0 spiro atoms. The molecule has 1 amide bonds. The van der Waals surface area contributed by atoms with Crippen LogP contribution in [0.4, 0.5) is 0 Å². The zero-order valence-electron chi connectivity index (χ0n) is 17.8. The van der Waals surface area contributed by atoms with Crippen LogP contribution < -0.4 is 5.32 Å². The van der Waals surface area contributed by atoms with E-state index in [4.69, 9.17) is 27.9 Å². The zero-order valence-corrected chi connectivity index (χ0v) is 19.3. The number of benzene rings is 1. The van der Waals surface area contributed by atoms with Crippen LogP contribution in [0.15, 0.2) is 30.3 Å². The van der Waals surface area contributed by atoms with Gasteiger partial charge in [0, 0.05) is 16.7 Å². The zero-order chi connectivity index (χ0) is 23.2. The fourth-order valence-corrected chi connectivity index (χ4v) is 3.11. The molecule has 0 unspecified atom stereocenters. The maximum absolute atomic E-state index is 12.0. The molecule has 0 saturated heterocycles. The highest BCUT2D eigenvalue weighted by molar-refractivity contribution is 6.32. The number of esters is 1. The van der Waals surface area contributed by atoms with Crippen LogP contribution in [0, 0.1) is 24.2 Å². The highest BCUT2D eigenvalue weighted by Gasteiger charge is 2.30. The molecule has 0 radical (unpaired) electrons. The third-order valence-electron chi connectivity index (χ3n) is 4.90. The molecule has 0 fully saturated rings. The number of aryl methyl sites for hydroxylation is 1. The van der Waals surface area contributed by atoms with E-state index in [1.54, 1.807) is 24.6 Å². The summed E-state index contributed by atoms with van der Waals surface area (Å²) in [5.74, 6) is -1.38. The summed E-state index contributed by atoms with van der Waals surface area (Å²) >= 11 is 12.6. The number of nitrogens with zero attached hydrogens (tertiary/aromatic N) is 3. The Morgan fingerprint density at radius 3 is 2.65 bits per heavy atom. The third-order valence-corrected chi connectivity index (χ3v) is 5.67. The number of amides is 1. The number of aromatic nitrogens is 2. The van der Waals surface area contributed by atoms with Gasteiger partial charge in [0.25, 0.3) is 5.91 Å². The minimum absolute atomic E-state index is 0.107. The number of hydrogen-bond donors (Lipinski definition) is 1. The summed E-state index contributed by atoms with van der Waals surface area (Å²) in [6.07, 6.45) is 2.66. The number of carbonyl (C=O) groups is 2. The molecular formula is C22H24Cl2N4O3. The Morgan fingerprint density at radius 1 is 1.35 bits per heavy atom. The van der Waals surface area contributed by atoms with Crippen molar-refractivity contribution in [1.82, 2.24) is 15.1 Å². The van der Waals surface area contributed by atoms with Gasteiger partial charge in [-0.25, -0.2) is 9.48 Å². The first-order chi connectivity index (χ1) is 14.6. The molecule has 0 bridgehead atoms. The van der Waals surface area contributed by atoms with E-state index in [1.165, 1.54) is 12.2 Å². The van der Waals surface area contributed by atoms with Crippen LogP contribution in [0.3, 0.4) is 0 Å². The lowest BCUT2D eigenvalue weighted by atomic mass is 9.90. The van der Waals surface area contributed by atoms with E-state index in [0.717, 1.165) is 5.56 Å². The van der Waals surface area contributed by atoms with Crippen molar-refractivity contribution in [3.05, 3.63) is 57.3 Å². The van der Waals surface area contributed by atoms with E-state index in [0.29, 0.717) is 28.0 Å². The van der Waals surface area contributed by atoms with Gasteiger partial charge in [-0.2, -0.15) is 10.4 Å². The van der Waals surface area contributed by atoms with Crippen molar-refractivity contribution >= 4 is 41.2 Å². The smallest absolute Gasteiger partial charge is 0.331 e. The lowest BCUT2D eigenvalue weighted by Gasteiger charge is -2.27. The molecule has 0 saturated carbocycles. The van der Waals surface area contributed by atoms with Crippen LogP contribution in [0.25, 0.3) is 6.08 Å². The molecule has 0 aliphatic carbocycles. The second kappa shape index (κ2) is 10.5. The molecule has 1 aromatic carbocycles. The third kappa shape index (κ3) is 6.33. The van der Waals surface area contributed by atoms with E-state index in [1.807, 2.05) is 32.0 Å². The van der Waals surface area contributed by atoms with Crippen molar-refractivity contribution in [3.63, 3.8) is 0 Å². The van der Waals surface area contributed by atoms with Crippen LogP contribution in [-0.2, 0) is 20.9 Å². The molecule has 0 aliphatic rings. The molecule has 1 aromatic heterocycles. The Balaban J connectivity index is 2.00. The fraction of sp³-hybridized carbons (Fsp3) is 0.364. The highest BCUT2D eigenvalue weighted by Crippen LogP contribution is 2.24. The average molecular weight is 463 g/mol. The quantitative estimate of drug-likeness (QED) is 0.469. The summed E-state index contributed by atoms with van der Waals surface area (Å²) in [6.45, 7) is 6.90. The van der Waals surface area contributed by atoms with E-state index in [-0.39, 0.29) is 5.92 Å². The van der Waals surface area contributed by atoms with Gasteiger partial charge in [0.05, 0.1) is 18.3 Å². The SMILES string of the molecule is Cc1nn(Cc2ccccc2Cl)c(Cl)c1/C=C/C(=O)OCC(=O)N[C@](C)(C#N)C(C)C. The van der Waals surface area contributed by atoms with E-state index < -0.39 is 24.0 Å². The monoisotopic (exact) mass is 462 g/mol. The predicted molar refractivity (Wildman–Crippen MR) is 120 cm³/mol. The van der Waals surface area contributed by atoms with Gasteiger partial charge >= 0.3 is 5.97 Å². The molecule has 0 aliphatic heterocycles. The number of ether oxygens (including phenoxy) is 1. The van der Waals surface area contributed by atoms with Gasteiger partial charge in [-0.05, 0) is 37.5 Å². The van der Waals surface area contributed by atoms with Gasteiger partial charge in [0.1, 0.15) is 10.7 Å².